The van der Waals surface area contributed by atoms with Gasteiger partial charge in [0.2, 0.25) is 0 Å². The number of nitrogens with one attached hydrogen (secondary N) is 1. The minimum absolute atomic E-state index is 0.335. The quantitative estimate of drug-likeness (QED) is 0.664. The minimum atomic E-state index is 0.335. The van der Waals surface area contributed by atoms with Crippen LogP contribution in [0.1, 0.15) is 32.6 Å². The van der Waals surface area contributed by atoms with Crippen molar-refractivity contribution in [3.05, 3.63) is 0 Å². The molecule has 1 N–H and O–H groups in total. The van der Waals surface area contributed by atoms with Crippen molar-refractivity contribution in [3.8, 4) is 0 Å². The summed E-state index contributed by atoms with van der Waals surface area (Å²) in [4.78, 5) is 11.4. The SMILES string of the molecule is CCCCC(=O)C1CCNC1. The van der Waals surface area contributed by atoms with Gasteiger partial charge in [0.1, 0.15) is 5.78 Å². The largest absolute Gasteiger partial charge is 0.316 e. The van der Waals surface area contributed by atoms with Crippen LogP contribution in [-0.4, -0.2) is 18.9 Å². The van der Waals surface area contributed by atoms with E-state index < -0.39 is 0 Å². The zero-order chi connectivity index (χ0) is 8.10. The molecule has 1 heterocycles. The minimum Gasteiger partial charge on any atom is -0.316 e. The first-order valence-corrected chi connectivity index (χ1v) is 4.58. The molecule has 0 aromatic rings. The number of ketones is 1. The highest BCUT2D eigenvalue weighted by atomic mass is 16.1. The summed E-state index contributed by atoms with van der Waals surface area (Å²) in [6, 6.07) is 0. The van der Waals surface area contributed by atoms with Gasteiger partial charge in [0.25, 0.3) is 0 Å². The molecular formula is C9H17NO. The van der Waals surface area contributed by atoms with Gasteiger partial charge in [0.05, 0.1) is 0 Å². The lowest BCUT2D eigenvalue weighted by Gasteiger charge is -2.04. The van der Waals surface area contributed by atoms with Crippen molar-refractivity contribution in [1.29, 1.82) is 0 Å². The summed E-state index contributed by atoms with van der Waals surface area (Å²) in [6.45, 7) is 4.07. The molecule has 1 fully saturated rings. The van der Waals surface area contributed by atoms with E-state index in [0.717, 1.165) is 38.8 Å². The second-order valence-corrected chi connectivity index (χ2v) is 3.26. The smallest absolute Gasteiger partial charge is 0.137 e. The van der Waals surface area contributed by atoms with Crippen molar-refractivity contribution < 1.29 is 4.79 Å². The topological polar surface area (TPSA) is 29.1 Å². The van der Waals surface area contributed by atoms with E-state index in [2.05, 4.69) is 12.2 Å². The molecule has 1 aliphatic heterocycles. The van der Waals surface area contributed by atoms with E-state index in [0.29, 0.717) is 11.7 Å². The van der Waals surface area contributed by atoms with Crippen LogP contribution in [0.3, 0.4) is 0 Å². The molecule has 2 heteroatoms. The third-order valence-corrected chi connectivity index (χ3v) is 2.29. The summed E-state index contributed by atoms with van der Waals surface area (Å²) in [5, 5.41) is 3.21. The lowest BCUT2D eigenvalue weighted by Crippen LogP contribution is -2.17. The highest BCUT2D eigenvalue weighted by Gasteiger charge is 2.20. The van der Waals surface area contributed by atoms with E-state index >= 15 is 0 Å². The molecule has 1 aliphatic rings. The third kappa shape index (κ3) is 2.62. The maximum absolute atomic E-state index is 11.4. The zero-order valence-electron chi connectivity index (χ0n) is 7.23. The van der Waals surface area contributed by atoms with Crippen LogP contribution < -0.4 is 5.32 Å². The number of carbonyl (C=O) groups excluding carboxylic acids is 1. The summed E-state index contributed by atoms with van der Waals surface area (Å²) in [5.74, 6) is 0.804. The normalized spacial score (nSPS) is 23.9. The van der Waals surface area contributed by atoms with Crippen molar-refractivity contribution >= 4 is 5.78 Å². The summed E-state index contributed by atoms with van der Waals surface area (Å²) in [7, 11) is 0. The second-order valence-electron chi connectivity index (χ2n) is 3.26. The molecule has 2 nitrogen and oxygen atoms in total. The Hall–Kier alpha value is -0.370. The van der Waals surface area contributed by atoms with Crippen molar-refractivity contribution in [2.24, 2.45) is 5.92 Å². The molecule has 11 heavy (non-hydrogen) atoms. The van der Waals surface area contributed by atoms with Gasteiger partial charge in [0, 0.05) is 18.9 Å². The first-order valence-electron chi connectivity index (χ1n) is 4.58. The molecule has 0 radical (unpaired) electrons. The monoisotopic (exact) mass is 155 g/mol. The van der Waals surface area contributed by atoms with Gasteiger partial charge in [-0.3, -0.25) is 4.79 Å². The average Bonchev–Trinajstić information content (AvgIpc) is 2.52. The van der Waals surface area contributed by atoms with Gasteiger partial charge in [-0.1, -0.05) is 13.3 Å². The van der Waals surface area contributed by atoms with Gasteiger partial charge >= 0.3 is 0 Å². The molecule has 1 rings (SSSR count). The molecule has 0 amide bonds. The maximum Gasteiger partial charge on any atom is 0.137 e. The Morgan fingerprint density at radius 2 is 2.45 bits per heavy atom. The highest BCUT2D eigenvalue weighted by molar-refractivity contribution is 5.81. The maximum atomic E-state index is 11.4. The number of Topliss-reactive ketones (excluding diaryl/α,β-unsaturated/α-hetero) is 1. The van der Waals surface area contributed by atoms with Crippen LogP contribution in [-0.2, 0) is 4.79 Å². The van der Waals surface area contributed by atoms with Crippen molar-refractivity contribution in [1.82, 2.24) is 5.32 Å². The van der Waals surface area contributed by atoms with Crippen LogP contribution in [0.25, 0.3) is 0 Å². The van der Waals surface area contributed by atoms with Gasteiger partial charge < -0.3 is 5.32 Å². The van der Waals surface area contributed by atoms with Crippen LogP contribution in [0.2, 0.25) is 0 Å². The zero-order valence-corrected chi connectivity index (χ0v) is 7.23. The van der Waals surface area contributed by atoms with Crippen LogP contribution in [0.15, 0.2) is 0 Å². The summed E-state index contributed by atoms with van der Waals surface area (Å²) in [5.41, 5.74) is 0. The van der Waals surface area contributed by atoms with Crippen molar-refractivity contribution in [3.63, 3.8) is 0 Å². The van der Waals surface area contributed by atoms with E-state index in [1.807, 2.05) is 0 Å². The fourth-order valence-electron chi connectivity index (χ4n) is 1.48. The number of hydrogen-bond donors (Lipinski definition) is 1. The summed E-state index contributed by atoms with van der Waals surface area (Å²) < 4.78 is 0. The molecule has 0 aromatic carbocycles. The third-order valence-electron chi connectivity index (χ3n) is 2.29. The first-order chi connectivity index (χ1) is 5.34. The standard InChI is InChI=1S/C9H17NO/c1-2-3-4-9(11)8-5-6-10-7-8/h8,10H,2-7H2,1H3. The first kappa shape index (κ1) is 8.72. The van der Waals surface area contributed by atoms with Crippen LogP contribution in [0, 0.1) is 5.92 Å². The summed E-state index contributed by atoms with van der Waals surface area (Å²) in [6.07, 6.45) is 4.05. The summed E-state index contributed by atoms with van der Waals surface area (Å²) >= 11 is 0. The van der Waals surface area contributed by atoms with Gasteiger partial charge in [-0.2, -0.15) is 0 Å². The lowest BCUT2D eigenvalue weighted by molar-refractivity contribution is -0.122. The van der Waals surface area contributed by atoms with Crippen LogP contribution in [0.4, 0.5) is 0 Å². The van der Waals surface area contributed by atoms with Crippen LogP contribution >= 0.6 is 0 Å². The molecule has 1 saturated heterocycles. The predicted octanol–water partition coefficient (Wildman–Crippen LogP) is 1.36. The van der Waals surface area contributed by atoms with E-state index in [1.165, 1.54) is 0 Å². The van der Waals surface area contributed by atoms with Gasteiger partial charge in [-0.05, 0) is 19.4 Å². The molecule has 64 valence electrons. The Bertz CT molecular complexity index is 128. The molecule has 0 spiro atoms. The lowest BCUT2D eigenvalue weighted by atomic mass is 9.99. The fraction of sp³-hybridized carbons (Fsp3) is 0.889. The number of rotatable bonds is 4. The van der Waals surface area contributed by atoms with E-state index in [9.17, 15) is 4.79 Å². The van der Waals surface area contributed by atoms with E-state index in [1.54, 1.807) is 0 Å². The van der Waals surface area contributed by atoms with Crippen LogP contribution in [0.5, 0.6) is 0 Å². The Kier molecular flexibility index (Phi) is 3.57. The molecule has 1 atom stereocenters. The Labute approximate surface area is 68.4 Å². The number of unbranched alkanes of at least 4 members (excludes halogenated alkanes) is 1. The molecule has 0 aromatic heterocycles. The van der Waals surface area contributed by atoms with E-state index in [4.69, 9.17) is 0 Å². The molecular weight excluding hydrogens is 138 g/mol. The van der Waals surface area contributed by atoms with Crippen molar-refractivity contribution in [2.75, 3.05) is 13.1 Å². The highest BCUT2D eigenvalue weighted by Crippen LogP contribution is 2.12. The Morgan fingerprint density at radius 3 is 3.00 bits per heavy atom. The molecule has 0 aliphatic carbocycles. The van der Waals surface area contributed by atoms with E-state index in [-0.39, 0.29) is 0 Å². The van der Waals surface area contributed by atoms with Gasteiger partial charge in [-0.15, -0.1) is 0 Å². The molecule has 1 unspecified atom stereocenters. The predicted molar refractivity (Wildman–Crippen MR) is 45.5 cm³/mol. The van der Waals surface area contributed by atoms with Crippen molar-refractivity contribution in [2.45, 2.75) is 32.6 Å². The number of hydrogen-bond acceptors (Lipinski definition) is 2. The second kappa shape index (κ2) is 4.50. The molecule has 0 saturated carbocycles. The Morgan fingerprint density at radius 1 is 1.64 bits per heavy atom. The molecule has 0 bridgehead atoms. The number of carbonyl (C=O) groups is 1. The average molecular weight is 155 g/mol. The van der Waals surface area contributed by atoms with Gasteiger partial charge in [-0.25, -0.2) is 0 Å². The Balaban J connectivity index is 2.17. The van der Waals surface area contributed by atoms with Gasteiger partial charge in [0.15, 0.2) is 0 Å². The fourth-order valence-corrected chi connectivity index (χ4v) is 1.48.